The number of benzene rings is 2. The smallest absolute Gasteiger partial charge is 0.320 e. The minimum atomic E-state index is -0.832. The second-order valence-electron chi connectivity index (χ2n) is 9.98. The van der Waals surface area contributed by atoms with Crippen molar-refractivity contribution in [3.8, 4) is 16.9 Å². The maximum Gasteiger partial charge on any atom is 0.320 e. The lowest BCUT2D eigenvalue weighted by atomic mass is 9.82. The molecule has 0 atom stereocenters. The summed E-state index contributed by atoms with van der Waals surface area (Å²) in [6.45, 7) is 9.81. The zero-order valence-electron chi connectivity index (χ0n) is 20.5. The van der Waals surface area contributed by atoms with Gasteiger partial charge in [0, 0.05) is 26.2 Å². The first-order valence-electron chi connectivity index (χ1n) is 12.5. The molecular formula is C28H34N2O4. The van der Waals surface area contributed by atoms with Gasteiger partial charge in [0.05, 0.1) is 13.0 Å². The molecule has 1 N–H and O–H groups in total. The Hall–Kier alpha value is -3.02. The quantitative estimate of drug-likeness (QED) is 0.685. The van der Waals surface area contributed by atoms with Crippen molar-refractivity contribution in [3.63, 3.8) is 0 Å². The fraction of sp³-hybridized carbons (Fsp3) is 0.500. The SMILES string of the molecule is Cc1c(-c2c(C)c3c(c(C)c2CC(=O)O)CN(C(=O)N2CCCCC2)C3)ccc2c1CCCO2. The molecule has 2 amide bonds. The van der Waals surface area contributed by atoms with E-state index in [-0.39, 0.29) is 12.5 Å². The number of urea groups is 1. The second kappa shape index (κ2) is 8.97. The van der Waals surface area contributed by atoms with Crippen LogP contribution in [-0.2, 0) is 30.7 Å². The van der Waals surface area contributed by atoms with Gasteiger partial charge in [-0.1, -0.05) is 6.07 Å². The molecule has 0 aromatic heterocycles. The van der Waals surface area contributed by atoms with Gasteiger partial charge in [-0.05, 0) is 109 Å². The van der Waals surface area contributed by atoms with Gasteiger partial charge in [-0.25, -0.2) is 4.79 Å². The summed E-state index contributed by atoms with van der Waals surface area (Å²) < 4.78 is 5.87. The van der Waals surface area contributed by atoms with Crippen molar-refractivity contribution >= 4 is 12.0 Å². The number of carbonyl (C=O) groups excluding carboxylic acids is 1. The van der Waals surface area contributed by atoms with E-state index >= 15 is 0 Å². The third-order valence-corrected chi connectivity index (χ3v) is 7.98. The highest BCUT2D eigenvalue weighted by molar-refractivity contribution is 5.84. The van der Waals surface area contributed by atoms with Crippen LogP contribution in [0.4, 0.5) is 4.79 Å². The van der Waals surface area contributed by atoms with Crippen molar-refractivity contribution in [2.24, 2.45) is 0 Å². The molecule has 0 aliphatic carbocycles. The number of amides is 2. The largest absolute Gasteiger partial charge is 0.493 e. The normalized spacial score (nSPS) is 17.3. The zero-order chi connectivity index (χ0) is 24.0. The maximum atomic E-state index is 13.3. The molecule has 0 radical (unpaired) electrons. The fourth-order valence-electron chi connectivity index (χ4n) is 6.10. The molecule has 3 heterocycles. The second-order valence-corrected chi connectivity index (χ2v) is 9.98. The van der Waals surface area contributed by atoms with Crippen LogP contribution < -0.4 is 4.74 Å². The van der Waals surface area contributed by atoms with E-state index in [0.717, 1.165) is 84.5 Å². The van der Waals surface area contributed by atoms with E-state index in [4.69, 9.17) is 4.74 Å². The first kappa shape index (κ1) is 22.8. The molecule has 5 rings (SSSR count). The van der Waals surface area contributed by atoms with Crippen LogP contribution in [0, 0.1) is 20.8 Å². The molecule has 0 saturated carbocycles. The van der Waals surface area contributed by atoms with Crippen molar-refractivity contribution in [2.75, 3.05) is 19.7 Å². The predicted octanol–water partition coefficient (Wildman–Crippen LogP) is 5.15. The molecule has 34 heavy (non-hydrogen) atoms. The summed E-state index contributed by atoms with van der Waals surface area (Å²) in [5.41, 5.74) is 9.81. The molecule has 1 saturated heterocycles. The first-order valence-corrected chi connectivity index (χ1v) is 12.5. The molecule has 6 heteroatoms. The van der Waals surface area contributed by atoms with Gasteiger partial charge in [-0.2, -0.15) is 0 Å². The number of piperidine rings is 1. The van der Waals surface area contributed by atoms with Gasteiger partial charge in [0.15, 0.2) is 0 Å². The van der Waals surface area contributed by atoms with Crippen molar-refractivity contribution in [3.05, 3.63) is 51.1 Å². The summed E-state index contributed by atoms with van der Waals surface area (Å²) in [4.78, 5) is 29.1. The van der Waals surface area contributed by atoms with Crippen molar-refractivity contribution in [2.45, 2.75) is 72.4 Å². The van der Waals surface area contributed by atoms with Gasteiger partial charge in [0.25, 0.3) is 0 Å². The number of likely N-dealkylation sites (tertiary alicyclic amines) is 1. The summed E-state index contributed by atoms with van der Waals surface area (Å²) in [6, 6.07) is 4.23. The molecule has 2 aromatic rings. The van der Waals surface area contributed by atoms with Gasteiger partial charge in [-0.3, -0.25) is 4.79 Å². The Labute approximate surface area is 201 Å². The van der Waals surface area contributed by atoms with Crippen molar-refractivity contribution in [1.82, 2.24) is 9.80 Å². The third-order valence-electron chi connectivity index (χ3n) is 7.98. The lowest BCUT2D eigenvalue weighted by Crippen LogP contribution is -2.43. The average Bonchev–Trinajstić information content (AvgIpc) is 3.30. The molecule has 1 fully saturated rings. The van der Waals surface area contributed by atoms with Gasteiger partial charge in [0.2, 0.25) is 0 Å². The summed E-state index contributed by atoms with van der Waals surface area (Å²) in [7, 11) is 0. The minimum absolute atomic E-state index is 0.0254. The number of ether oxygens (including phenoxy) is 1. The van der Waals surface area contributed by atoms with Crippen molar-refractivity contribution < 1.29 is 19.4 Å². The molecule has 180 valence electrons. The third kappa shape index (κ3) is 3.83. The summed E-state index contributed by atoms with van der Waals surface area (Å²) in [5.74, 6) is 0.114. The van der Waals surface area contributed by atoms with Crippen LogP contribution in [0.25, 0.3) is 11.1 Å². The van der Waals surface area contributed by atoms with Crippen LogP contribution in [0.2, 0.25) is 0 Å². The number of aliphatic carboxylic acids is 1. The van der Waals surface area contributed by atoms with Crippen molar-refractivity contribution in [1.29, 1.82) is 0 Å². The van der Waals surface area contributed by atoms with Crippen LogP contribution >= 0.6 is 0 Å². The van der Waals surface area contributed by atoms with Gasteiger partial charge >= 0.3 is 12.0 Å². The number of carboxylic acid groups (broad SMARTS) is 1. The number of hydrogen-bond donors (Lipinski definition) is 1. The number of hydrogen-bond acceptors (Lipinski definition) is 3. The van der Waals surface area contributed by atoms with Crippen LogP contribution in [-0.4, -0.2) is 46.6 Å². The highest BCUT2D eigenvalue weighted by atomic mass is 16.5. The average molecular weight is 463 g/mol. The molecule has 0 unspecified atom stereocenters. The standard InChI is InChI=1S/C28H34N2O4/c1-17-20-8-7-13-34-25(20)10-9-21(17)27-19(3)24-16-30(28(33)29-11-5-4-6-12-29)15-23(24)18(2)22(27)14-26(31)32/h9-10H,4-8,11-16H2,1-3H3,(H,31,32). The van der Waals surface area contributed by atoms with E-state index in [0.29, 0.717) is 13.1 Å². The monoisotopic (exact) mass is 462 g/mol. The lowest BCUT2D eigenvalue weighted by Gasteiger charge is -2.30. The summed E-state index contributed by atoms with van der Waals surface area (Å²) >= 11 is 0. The first-order chi connectivity index (χ1) is 16.4. The van der Waals surface area contributed by atoms with E-state index in [1.807, 2.05) is 22.8 Å². The minimum Gasteiger partial charge on any atom is -0.493 e. The Morgan fingerprint density at radius 3 is 2.29 bits per heavy atom. The number of nitrogens with zero attached hydrogens (tertiary/aromatic N) is 2. The summed E-state index contributed by atoms with van der Waals surface area (Å²) in [5, 5.41) is 9.78. The van der Waals surface area contributed by atoms with Crippen LogP contribution in [0.3, 0.4) is 0 Å². The Morgan fingerprint density at radius 1 is 0.882 bits per heavy atom. The highest BCUT2D eigenvalue weighted by Gasteiger charge is 2.33. The van der Waals surface area contributed by atoms with Gasteiger partial charge < -0.3 is 19.6 Å². The lowest BCUT2D eigenvalue weighted by molar-refractivity contribution is -0.136. The molecular weight excluding hydrogens is 428 g/mol. The highest BCUT2D eigenvalue weighted by Crippen LogP contribution is 2.43. The topological polar surface area (TPSA) is 70.1 Å². The molecule has 6 nitrogen and oxygen atoms in total. The number of carbonyl (C=O) groups is 2. The summed E-state index contributed by atoms with van der Waals surface area (Å²) in [6.07, 6.45) is 5.27. The van der Waals surface area contributed by atoms with Gasteiger partial charge in [-0.15, -0.1) is 0 Å². The Bertz CT molecular complexity index is 1160. The molecule has 3 aliphatic heterocycles. The zero-order valence-corrected chi connectivity index (χ0v) is 20.5. The van der Waals surface area contributed by atoms with E-state index in [1.165, 1.54) is 23.1 Å². The number of fused-ring (bicyclic) bond motifs is 2. The van der Waals surface area contributed by atoms with Crippen LogP contribution in [0.5, 0.6) is 5.75 Å². The molecule has 3 aliphatic rings. The van der Waals surface area contributed by atoms with Crippen LogP contribution in [0.1, 0.15) is 64.6 Å². The Kier molecular flexibility index (Phi) is 6.00. The Morgan fingerprint density at radius 2 is 1.59 bits per heavy atom. The van der Waals surface area contributed by atoms with Crippen LogP contribution in [0.15, 0.2) is 12.1 Å². The van der Waals surface area contributed by atoms with Gasteiger partial charge in [0.1, 0.15) is 5.75 Å². The van der Waals surface area contributed by atoms with E-state index in [2.05, 4.69) is 19.9 Å². The maximum absolute atomic E-state index is 13.3. The number of rotatable bonds is 3. The Balaban J connectivity index is 1.60. The predicted molar refractivity (Wildman–Crippen MR) is 131 cm³/mol. The number of carboxylic acids is 1. The molecule has 0 spiro atoms. The molecule has 0 bridgehead atoms. The van der Waals surface area contributed by atoms with E-state index < -0.39 is 5.97 Å². The fourth-order valence-corrected chi connectivity index (χ4v) is 6.10. The van der Waals surface area contributed by atoms with E-state index in [1.54, 1.807) is 0 Å². The molecule has 2 aromatic carbocycles. The van der Waals surface area contributed by atoms with E-state index in [9.17, 15) is 14.7 Å².